The van der Waals surface area contributed by atoms with Crippen molar-refractivity contribution < 1.29 is 0 Å². The molecule has 0 aromatic carbocycles. The summed E-state index contributed by atoms with van der Waals surface area (Å²) < 4.78 is 0. The molecule has 0 N–H and O–H groups in total. The van der Waals surface area contributed by atoms with Crippen LogP contribution < -0.4 is 0 Å². The third-order valence-electron chi connectivity index (χ3n) is 1.93. The highest BCUT2D eigenvalue weighted by molar-refractivity contribution is 5.03. The summed E-state index contributed by atoms with van der Waals surface area (Å²) in [4.78, 5) is 2.45. The minimum Gasteiger partial charge on any atom is -0.294 e. The van der Waals surface area contributed by atoms with Crippen molar-refractivity contribution in [3.05, 3.63) is 11.6 Å². The Hall–Kier alpha value is -0.300. The highest BCUT2D eigenvalue weighted by Crippen LogP contribution is 2.17. The average Bonchev–Trinajstić information content (AvgIpc) is 2.47. The van der Waals surface area contributed by atoms with Crippen molar-refractivity contribution in [3.63, 3.8) is 0 Å². The maximum absolute atomic E-state index is 2.45. The first-order valence-electron chi connectivity index (χ1n) is 3.60. The quantitative estimate of drug-likeness (QED) is 0.400. The number of nitrogens with zero attached hydrogens (tertiary/aromatic N) is 1. The van der Waals surface area contributed by atoms with E-state index in [0.29, 0.717) is 0 Å². The Morgan fingerprint density at radius 2 is 2.33 bits per heavy atom. The van der Waals surface area contributed by atoms with Gasteiger partial charge in [0.15, 0.2) is 0 Å². The van der Waals surface area contributed by atoms with Gasteiger partial charge in [-0.1, -0.05) is 11.6 Å². The Morgan fingerprint density at radius 3 is 2.67 bits per heavy atom. The molecule has 0 aromatic rings. The molecule has 1 heteroatoms. The largest absolute Gasteiger partial charge is 0.294 e. The molecule has 1 aliphatic rings. The number of allylic oxidation sites excluding steroid dienone is 1. The van der Waals surface area contributed by atoms with E-state index in [1.165, 1.54) is 18.7 Å². The Labute approximate surface area is 57.4 Å². The van der Waals surface area contributed by atoms with Crippen LogP contribution in [-0.4, -0.2) is 24.0 Å². The van der Waals surface area contributed by atoms with Gasteiger partial charge in [0.05, 0.1) is 0 Å². The lowest BCUT2D eigenvalue weighted by Gasteiger charge is -1.99. The van der Waals surface area contributed by atoms with Crippen molar-refractivity contribution in [3.8, 4) is 0 Å². The van der Waals surface area contributed by atoms with Gasteiger partial charge in [-0.25, -0.2) is 0 Å². The molecule has 1 rings (SSSR count). The van der Waals surface area contributed by atoms with Gasteiger partial charge in [-0.2, -0.15) is 0 Å². The normalized spacial score (nSPS) is 34.8. The fraction of sp³-hybridized carbons (Fsp3) is 0.750. The maximum atomic E-state index is 2.45. The molecule has 0 aliphatic carbocycles. The van der Waals surface area contributed by atoms with Gasteiger partial charge in [0.2, 0.25) is 0 Å². The molecular formula is C8H15N. The fourth-order valence-corrected chi connectivity index (χ4v) is 0.924. The van der Waals surface area contributed by atoms with Gasteiger partial charge in [-0.3, -0.25) is 4.90 Å². The summed E-state index contributed by atoms with van der Waals surface area (Å²) in [6.07, 6.45) is 2.19. The third-order valence-corrected chi connectivity index (χ3v) is 1.93. The molecule has 1 heterocycles. The molecule has 0 saturated carbocycles. The van der Waals surface area contributed by atoms with E-state index in [2.05, 4.69) is 31.7 Å². The fourth-order valence-electron chi connectivity index (χ4n) is 0.924. The second-order valence-corrected chi connectivity index (χ2v) is 2.91. The summed E-state index contributed by atoms with van der Waals surface area (Å²) >= 11 is 0. The van der Waals surface area contributed by atoms with E-state index >= 15 is 0 Å². The van der Waals surface area contributed by atoms with Crippen molar-refractivity contribution in [1.82, 2.24) is 4.90 Å². The monoisotopic (exact) mass is 125 g/mol. The summed E-state index contributed by atoms with van der Waals surface area (Å²) in [5.41, 5.74) is 1.49. The van der Waals surface area contributed by atoms with E-state index in [9.17, 15) is 0 Å². The van der Waals surface area contributed by atoms with Gasteiger partial charge >= 0.3 is 0 Å². The number of hydrogen-bond acceptors (Lipinski definition) is 1. The minimum atomic E-state index is 0.847. The van der Waals surface area contributed by atoms with E-state index in [0.717, 1.165) is 6.04 Å². The summed E-state index contributed by atoms with van der Waals surface area (Å²) in [7, 11) is 0. The van der Waals surface area contributed by atoms with Gasteiger partial charge in [0.25, 0.3) is 0 Å². The second-order valence-electron chi connectivity index (χ2n) is 2.91. The van der Waals surface area contributed by atoms with E-state index in [1.54, 1.807) is 0 Å². The average molecular weight is 125 g/mol. The molecule has 52 valence electrons. The zero-order chi connectivity index (χ0) is 6.85. The lowest BCUT2D eigenvalue weighted by Crippen LogP contribution is -2.02. The van der Waals surface area contributed by atoms with Crippen LogP contribution in [0.3, 0.4) is 0 Å². The molecule has 1 fully saturated rings. The van der Waals surface area contributed by atoms with Crippen LogP contribution >= 0.6 is 0 Å². The van der Waals surface area contributed by atoms with Crippen LogP contribution in [0.2, 0.25) is 0 Å². The molecule has 9 heavy (non-hydrogen) atoms. The summed E-state index contributed by atoms with van der Waals surface area (Å²) in [6, 6.07) is 0.847. The molecule has 0 amide bonds. The maximum Gasteiger partial charge on any atom is 0.0199 e. The molecule has 0 spiro atoms. The zero-order valence-corrected chi connectivity index (χ0v) is 6.52. The molecule has 1 nitrogen and oxygen atoms in total. The summed E-state index contributed by atoms with van der Waals surface area (Å²) in [5, 5.41) is 0. The second kappa shape index (κ2) is 2.53. The van der Waals surface area contributed by atoms with Gasteiger partial charge in [-0.05, 0) is 20.8 Å². The smallest absolute Gasteiger partial charge is 0.0199 e. The Balaban J connectivity index is 2.19. The topological polar surface area (TPSA) is 3.01 Å². The van der Waals surface area contributed by atoms with Crippen molar-refractivity contribution in [2.24, 2.45) is 0 Å². The zero-order valence-electron chi connectivity index (χ0n) is 6.52. The molecule has 0 aromatic heterocycles. The standard InChI is InChI=1S/C8H15N/c1-4-7(2)5-9-6-8(9)3/h4,8H,5-6H2,1-3H3/b7-4+. The van der Waals surface area contributed by atoms with Crippen LogP contribution in [0.5, 0.6) is 0 Å². The Bertz CT molecular complexity index is 127. The first-order valence-corrected chi connectivity index (χ1v) is 3.60. The Kier molecular flexibility index (Phi) is 1.91. The highest BCUT2D eigenvalue weighted by atomic mass is 15.3. The summed E-state index contributed by atoms with van der Waals surface area (Å²) in [6.45, 7) is 9.03. The van der Waals surface area contributed by atoms with Crippen LogP contribution in [0.4, 0.5) is 0 Å². The SMILES string of the molecule is C/C=C(\C)CN1CC1C. The number of rotatable bonds is 2. The van der Waals surface area contributed by atoms with Crippen LogP contribution in [0.15, 0.2) is 11.6 Å². The molecule has 2 unspecified atom stereocenters. The van der Waals surface area contributed by atoms with Gasteiger partial charge in [0.1, 0.15) is 0 Å². The molecule has 0 bridgehead atoms. The Morgan fingerprint density at radius 1 is 1.78 bits per heavy atom. The lowest BCUT2D eigenvalue weighted by atomic mass is 10.3. The van der Waals surface area contributed by atoms with Crippen LogP contribution in [0.25, 0.3) is 0 Å². The van der Waals surface area contributed by atoms with E-state index < -0.39 is 0 Å². The molecule has 2 atom stereocenters. The lowest BCUT2D eigenvalue weighted by molar-refractivity contribution is 0.563. The van der Waals surface area contributed by atoms with Crippen LogP contribution in [0, 0.1) is 0 Å². The molecule has 1 saturated heterocycles. The van der Waals surface area contributed by atoms with Crippen molar-refractivity contribution in [2.75, 3.05) is 13.1 Å². The van der Waals surface area contributed by atoms with E-state index in [1.807, 2.05) is 0 Å². The molecular weight excluding hydrogens is 110 g/mol. The number of hydrogen-bond donors (Lipinski definition) is 0. The first kappa shape index (κ1) is 6.81. The molecule has 1 aliphatic heterocycles. The molecule has 0 radical (unpaired) electrons. The highest BCUT2D eigenvalue weighted by Gasteiger charge is 2.27. The van der Waals surface area contributed by atoms with Gasteiger partial charge in [0, 0.05) is 19.1 Å². The predicted molar refractivity (Wildman–Crippen MR) is 40.5 cm³/mol. The van der Waals surface area contributed by atoms with Crippen molar-refractivity contribution >= 4 is 0 Å². The van der Waals surface area contributed by atoms with Gasteiger partial charge < -0.3 is 0 Å². The van der Waals surface area contributed by atoms with Crippen molar-refractivity contribution in [2.45, 2.75) is 26.8 Å². The van der Waals surface area contributed by atoms with E-state index in [-0.39, 0.29) is 0 Å². The predicted octanol–water partition coefficient (Wildman–Crippen LogP) is 1.66. The first-order chi connectivity index (χ1) is 4.24. The minimum absolute atomic E-state index is 0.847. The van der Waals surface area contributed by atoms with Crippen LogP contribution in [0.1, 0.15) is 20.8 Å². The van der Waals surface area contributed by atoms with Crippen LogP contribution in [-0.2, 0) is 0 Å². The third kappa shape index (κ3) is 1.83. The van der Waals surface area contributed by atoms with E-state index in [4.69, 9.17) is 0 Å². The van der Waals surface area contributed by atoms with Gasteiger partial charge in [-0.15, -0.1) is 0 Å². The summed E-state index contributed by atoms with van der Waals surface area (Å²) in [5.74, 6) is 0. The van der Waals surface area contributed by atoms with Crippen molar-refractivity contribution in [1.29, 1.82) is 0 Å².